The lowest BCUT2D eigenvalue weighted by atomic mass is 10.1. The average molecular weight is 259 g/mol. The third kappa shape index (κ3) is 2.75. The summed E-state index contributed by atoms with van der Waals surface area (Å²) in [6, 6.07) is 5.06. The summed E-state index contributed by atoms with van der Waals surface area (Å²) in [5, 5.41) is 0. The molecule has 1 aromatic rings. The monoisotopic (exact) mass is 259 g/mol. The van der Waals surface area contributed by atoms with E-state index in [4.69, 9.17) is 4.74 Å². The predicted molar refractivity (Wildman–Crippen MR) is 59.7 cm³/mol. The minimum Gasteiger partial charge on any atom is -0.490 e. The van der Waals surface area contributed by atoms with Gasteiger partial charge < -0.3 is 9.64 Å². The molecular weight excluding hydrogens is 247 g/mol. The maximum Gasteiger partial charge on any atom is 0.397 e. The van der Waals surface area contributed by atoms with Gasteiger partial charge in [0, 0.05) is 0 Å². The number of carbonyl (C=O) groups is 1. The Bertz CT molecular complexity index is 471. The summed E-state index contributed by atoms with van der Waals surface area (Å²) >= 11 is 0. The molecule has 1 aromatic carbocycles. The number of amides is 1. The standard InChI is InChI=1S/C12H12F3NO2/c1-8-2-3-9-10(6-8)18-5-4-16(9)11(17)7-12(13,14)15/h2-3,6H,4-5,7H2,1H3. The fourth-order valence-corrected chi connectivity index (χ4v) is 1.85. The van der Waals surface area contributed by atoms with Gasteiger partial charge in [-0.25, -0.2) is 0 Å². The maximum absolute atomic E-state index is 12.2. The first-order valence-corrected chi connectivity index (χ1v) is 5.47. The molecule has 3 nitrogen and oxygen atoms in total. The Morgan fingerprint density at radius 3 is 2.83 bits per heavy atom. The van der Waals surface area contributed by atoms with Crippen molar-refractivity contribution in [2.75, 3.05) is 18.1 Å². The number of halogens is 3. The Kier molecular flexibility index (Phi) is 3.19. The SMILES string of the molecule is Cc1ccc2c(c1)OCCN2C(=O)CC(F)(F)F. The lowest BCUT2D eigenvalue weighted by Crippen LogP contribution is -2.39. The number of hydrogen-bond acceptors (Lipinski definition) is 2. The maximum atomic E-state index is 12.2. The lowest BCUT2D eigenvalue weighted by Gasteiger charge is -2.30. The molecule has 0 radical (unpaired) electrons. The molecule has 0 saturated heterocycles. The number of ether oxygens (including phenoxy) is 1. The highest BCUT2D eigenvalue weighted by Gasteiger charge is 2.35. The van der Waals surface area contributed by atoms with Gasteiger partial charge in [-0.05, 0) is 24.6 Å². The number of nitrogens with zero attached hydrogens (tertiary/aromatic N) is 1. The highest BCUT2D eigenvalue weighted by atomic mass is 19.4. The van der Waals surface area contributed by atoms with Crippen LogP contribution >= 0.6 is 0 Å². The van der Waals surface area contributed by atoms with Crippen LogP contribution in [0, 0.1) is 6.92 Å². The van der Waals surface area contributed by atoms with Crippen LogP contribution in [0.4, 0.5) is 18.9 Å². The van der Waals surface area contributed by atoms with Crippen LogP contribution in [-0.2, 0) is 4.79 Å². The molecule has 0 bridgehead atoms. The summed E-state index contributed by atoms with van der Waals surface area (Å²) in [6.45, 7) is 2.20. The van der Waals surface area contributed by atoms with Crippen molar-refractivity contribution in [3.05, 3.63) is 23.8 Å². The highest BCUT2D eigenvalue weighted by Crippen LogP contribution is 2.33. The average Bonchev–Trinajstić information content (AvgIpc) is 2.25. The fraction of sp³-hybridized carbons (Fsp3) is 0.417. The van der Waals surface area contributed by atoms with E-state index in [-0.39, 0.29) is 13.2 Å². The molecule has 0 aliphatic carbocycles. The van der Waals surface area contributed by atoms with Gasteiger partial charge in [-0.2, -0.15) is 13.2 Å². The van der Waals surface area contributed by atoms with E-state index in [0.29, 0.717) is 11.4 Å². The summed E-state index contributed by atoms with van der Waals surface area (Å²) in [6.07, 6.45) is -5.93. The van der Waals surface area contributed by atoms with Gasteiger partial charge in [0.15, 0.2) is 0 Å². The van der Waals surface area contributed by atoms with Crippen molar-refractivity contribution >= 4 is 11.6 Å². The van der Waals surface area contributed by atoms with Gasteiger partial charge in [-0.15, -0.1) is 0 Å². The van der Waals surface area contributed by atoms with Gasteiger partial charge in [-0.3, -0.25) is 4.79 Å². The van der Waals surface area contributed by atoms with Gasteiger partial charge in [0.05, 0.1) is 12.2 Å². The molecule has 18 heavy (non-hydrogen) atoms. The van der Waals surface area contributed by atoms with E-state index in [1.54, 1.807) is 18.2 Å². The van der Waals surface area contributed by atoms with Crippen molar-refractivity contribution in [3.63, 3.8) is 0 Å². The van der Waals surface area contributed by atoms with E-state index in [0.717, 1.165) is 10.5 Å². The van der Waals surface area contributed by atoms with Crippen LogP contribution in [0.1, 0.15) is 12.0 Å². The minimum atomic E-state index is -4.49. The Balaban J connectivity index is 2.25. The summed E-state index contributed by atoms with van der Waals surface area (Å²) in [5.74, 6) is -0.493. The molecule has 2 rings (SSSR count). The first-order chi connectivity index (χ1) is 8.37. The third-order valence-electron chi connectivity index (χ3n) is 2.63. The highest BCUT2D eigenvalue weighted by molar-refractivity contribution is 5.95. The molecule has 0 fully saturated rings. The Morgan fingerprint density at radius 1 is 1.44 bits per heavy atom. The van der Waals surface area contributed by atoms with Gasteiger partial charge in [-0.1, -0.05) is 6.07 Å². The molecule has 0 spiro atoms. The van der Waals surface area contributed by atoms with E-state index in [2.05, 4.69) is 0 Å². The molecule has 6 heteroatoms. The zero-order valence-corrected chi connectivity index (χ0v) is 9.75. The molecule has 1 aliphatic heterocycles. The first kappa shape index (κ1) is 12.7. The molecule has 1 amide bonds. The first-order valence-electron chi connectivity index (χ1n) is 5.47. The topological polar surface area (TPSA) is 29.5 Å². The molecule has 0 unspecified atom stereocenters. The second kappa shape index (κ2) is 4.51. The fourth-order valence-electron chi connectivity index (χ4n) is 1.85. The third-order valence-corrected chi connectivity index (χ3v) is 2.63. The van der Waals surface area contributed by atoms with Crippen molar-refractivity contribution in [3.8, 4) is 5.75 Å². The zero-order chi connectivity index (χ0) is 13.3. The van der Waals surface area contributed by atoms with Gasteiger partial charge in [0.25, 0.3) is 0 Å². The molecule has 0 aromatic heterocycles. The molecular formula is C12H12F3NO2. The molecule has 0 N–H and O–H groups in total. The van der Waals surface area contributed by atoms with E-state index >= 15 is 0 Å². The Morgan fingerprint density at radius 2 is 2.17 bits per heavy atom. The number of aryl methyl sites for hydroxylation is 1. The van der Waals surface area contributed by atoms with Crippen molar-refractivity contribution in [2.24, 2.45) is 0 Å². The van der Waals surface area contributed by atoms with Gasteiger partial charge in [0.1, 0.15) is 18.8 Å². The van der Waals surface area contributed by atoms with Gasteiger partial charge in [0.2, 0.25) is 5.91 Å². The molecule has 98 valence electrons. The number of benzene rings is 1. The van der Waals surface area contributed by atoms with E-state index in [1.807, 2.05) is 6.92 Å². The summed E-state index contributed by atoms with van der Waals surface area (Å²) in [4.78, 5) is 12.7. The largest absolute Gasteiger partial charge is 0.490 e. The van der Waals surface area contributed by atoms with Crippen molar-refractivity contribution in [1.82, 2.24) is 0 Å². The molecule has 1 heterocycles. The molecule has 0 atom stereocenters. The second-order valence-electron chi connectivity index (χ2n) is 4.16. The van der Waals surface area contributed by atoms with E-state index < -0.39 is 18.5 Å². The summed E-state index contributed by atoms with van der Waals surface area (Å²) in [7, 11) is 0. The smallest absolute Gasteiger partial charge is 0.397 e. The number of rotatable bonds is 1. The van der Waals surface area contributed by atoms with Crippen LogP contribution in [0.2, 0.25) is 0 Å². The number of fused-ring (bicyclic) bond motifs is 1. The van der Waals surface area contributed by atoms with Crippen molar-refractivity contribution < 1.29 is 22.7 Å². The minimum absolute atomic E-state index is 0.144. The summed E-state index contributed by atoms with van der Waals surface area (Å²) < 4.78 is 42.0. The van der Waals surface area contributed by atoms with E-state index in [9.17, 15) is 18.0 Å². The number of anilines is 1. The molecule has 0 saturated carbocycles. The van der Waals surface area contributed by atoms with E-state index in [1.165, 1.54) is 0 Å². The molecule has 1 aliphatic rings. The number of hydrogen-bond donors (Lipinski definition) is 0. The summed E-state index contributed by atoms with van der Waals surface area (Å²) in [5.41, 5.74) is 1.33. The normalized spacial score (nSPS) is 15.0. The number of carbonyl (C=O) groups excluding carboxylic acids is 1. The van der Waals surface area contributed by atoms with Crippen LogP contribution in [0.3, 0.4) is 0 Å². The van der Waals surface area contributed by atoms with Crippen LogP contribution in [0.15, 0.2) is 18.2 Å². The number of alkyl halides is 3. The van der Waals surface area contributed by atoms with Crippen LogP contribution in [0.5, 0.6) is 5.75 Å². The Hall–Kier alpha value is -1.72. The predicted octanol–water partition coefficient (Wildman–Crippen LogP) is 2.67. The van der Waals surface area contributed by atoms with Crippen LogP contribution < -0.4 is 9.64 Å². The second-order valence-corrected chi connectivity index (χ2v) is 4.16. The van der Waals surface area contributed by atoms with Crippen molar-refractivity contribution in [2.45, 2.75) is 19.5 Å². The quantitative estimate of drug-likeness (QED) is 0.776. The van der Waals surface area contributed by atoms with Crippen LogP contribution in [0.25, 0.3) is 0 Å². The zero-order valence-electron chi connectivity index (χ0n) is 9.75. The van der Waals surface area contributed by atoms with Crippen LogP contribution in [-0.4, -0.2) is 25.2 Å². The van der Waals surface area contributed by atoms with Crippen molar-refractivity contribution in [1.29, 1.82) is 0 Å². The Labute approximate surface area is 102 Å². The lowest BCUT2D eigenvalue weighted by molar-refractivity contribution is -0.152. The van der Waals surface area contributed by atoms with Gasteiger partial charge >= 0.3 is 6.18 Å².